The number of ether oxygens (including phenoxy) is 2. The molecule has 1 aliphatic heterocycles. The number of nitrogens with zero attached hydrogens (tertiary/aromatic N) is 1. The lowest BCUT2D eigenvalue weighted by Crippen LogP contribution is -2.38. The highest BCUT2D eigenvalue weighted by Gasteiger charge is 2.34. The number of rotatable bonds is 7. The second-order valence-corrected chi connectivity index (χ2v) is 8.00. The summed E-state index contributed by atoms with van der Waals surface area (Å²) in [6.07, 6.45) is 4.54. The number of hydrogen-bond acceptors (Lipinski definition) is 7. The van der Waals surface area contributed by atoms with Gasteiger partial charge in [0.05, 0.1) is 22.5 Å². The van der Waals surface area contributed by atoms with Gasteiger partial charge in [0.1, 0.15) is 0 Å². The number of hydrogen-bond donors (Lipinski definition) is 0. The molecule has 1 saturated carbocycles. The van der Waals surface area contributed by atoms with Crippen molar-refractivity contribution in [2.75, 3.05) is 13.2 Å². The zero-order valence-corrected chi connectivity index (χ0v) is 14.5. The molecule has 2 aliphatic rings. The second-order valence-electron chi connectivity index (χ2n) is 6.38. The predicted octanol–water partition coefficient (Wildman–Crippen LogP) is 2.62. The molecule has 0 amide bonds. The summed E-state index contributed by atoms with van der Waals surface area (Å²) in [4.78, 5) is 9.94. The van der Waals surface area contributed by atoms with Crippen LogP contribution in [0.3, 0.4) is 0 Å². The zero-order chi connectivity index (χ0) is 17.9. The number of non-ortho nitro benzene ring substituents is 1. The highest BCUT2D eigenvalue weighted by molar-refractivity contribution is 7.86. The molecule has 1 aliphatic carbocycles. The first-order valence-electron chi connectivity index (χ1n) is 8.35. The molecule has 0 aromatic heterocycles. The summed E-state index contributed by atoms with van der Waals surface area (Å²) in [5.41, 5.74) is -0.164. The average Bonchev–Trinajstić information content (AvgIpc) is 2.57. The van der Waals surface area contributed by atoms with Crippen LogP contribution in [0.5, 0.6) is 0 Å². The van der Waals surface area contributed by atoms with Crippen molar-refractivity contribution in [3.05, 3.63) is 34.4 Å². The predicted molar refractivity (Wildman–Crippen MR) is 87.4 cm³/mol. The van der Waals surface area contributed by atoms with Crippen LogP contribution in [-0.2, 0) is 23.8 Å². The summed E-state index contributed by atoms with van der Waals surface area (Å²) in [6, 6.07) is 4.66. The van der Waals surface area contributed by atoms with E-state index in [-0.39, 0.29) is 35.5 Å². The highest BCUT2D eigenvalue weighted by atomic mass is 32.2. The Balaban J connectivity index is 1.43. The van der Waals surface area contributed by atoms with E-state index in [1.54, 1.807) is 0 Å². The molecule has 2 fully saturated rings. The molecule has 0 bridgehead atoms. The van der Waals surface area contributed by atoms with Crippen LogP contribution in [0.25, 0.3) is 0 Å². The van der Waals surface area contributed by atoms with Crippen molar-refractivity contribution in [3.8, 4) is 0 Å². The smallest absolute Gasteiger partial charge is 0.296 e. The largest absolute Gasteiger partial charge is 0.353 e. The van der Waals surface area contributed by atoms with Crippen molar-refractivity contribution in [2.45, 2.75) is 49.4 Å². The standard InChI is InChI=1S/C16H21NO7S/c18-17(19)13-4-6-15(7-5-13)25(20,21)23-11-12-9-14(10-12)24-16-3-1-2-8-22-16/h4-7,12,14,16H,1-3,8-11H2. The molecular weight excluding hydrogens is 350 g/mol. The molecule has 1 saturated heterocycles. The molecule has 0 spiro atoms. The molecule has 1 aromatic rings. The lowest BCUT2D eigenvalue weighted by Gasteiger charge is -2.37. The third-order valence-electron chi connectivity index (χ3n) is 4.47. The highest BCUT2D eigenvalue weighted by Crippen LogP contribution is 2.33. The van der Waals surface area contributed by atoms with E-state index in [2.05, 4.69) is 0 Å². The van der Waals surface area contributed by atoms with Crippen LogP contribution in [0.2, 0.25) is 0 Å². The van der Waals surface area contributed by atoms with Crippen molar-refractivity contribution in [1.82, 2.24) is 0 Å². The van der Waals surface area contributed by atoms with Gasteiger partial charge in [-0.15, -0.1) is 0 Å². The van der Waals surface area contributed by atoms with Crippen LogP contribution in [0.1, 0.15) is 32.1 Å². The van der Waals surface area contributed by atoms with E-state index in [0.29, 0.717) is 0 Å². The fourth-order valence-corrected chi connectivity index (χ4v) is 3.92. The Labute approximate surface area is 146 Å². The molecule has 1 unspecified atom stereocenters. The van der Waals surface area contributed by atoms with Gasteiger partial charge in [0.25, 0.3) is 15.8 Å². The van der Waals surface area contributed by atoms with E-state index in [4.69, 9.17) is 13.7 Å². The molecule has 138 valence electrons. The van der Waals surface area contributed by atoms with Crippen molar-refractivity contribution < 1.29 is 27.0 Å². The third-order valence-corrected chi connectivity index (χ3v) is 5.77. The van der Waals surface area contributed by atoms with Gasteiger partial charge in [0.15, 0.2) is 6.29 Å². The van der Waals surface area contributed by atoms with Gasteiger partial charge in [-0.25, -0.2) is 0 Å². The van der Waals surface area contributed by atoms with Crippen LogP contribution >= 0.6 is 0 Å². The quantitative estimate of drug-likeness (QED) is 0.412. The number of nitro groups is 1. The van der Waals surface area contributed by atoms with Crippen LogP contribution < -0.4 is 0 Å². The fraction of sp³-hybridized carbons (Fsp3) is 0.625. The van der Waals surface area contributed by atoms with Gasteiger partial charge in [-0.3, -0.25) is 14.3 Å². The van der Waals surface area contributed by atoms with Gasteiger partial charge in [-0.2, -0.15) is 8.42 Å². The van der Waals surface area contributed by atoms with Crippen LogP contribution in [0, 0.1) is 16.0 Å². The summed E-state index contributed by atoms with van der Waals surface area (Å²) >= 11 is 0. The summed E-state index contributed by atoms with van der Waals surface area (Å²) in [6.45, 7) is 0.822. The lowest BCUT2D eigenvalue weighted by atomic mass is 9.83. The van der Waals surface area contributed by atoms with Crippen molar-refractivity contribution in [1.29, 1.82) is 0 Å². The first kappa shape index (κ1) is 18.2. The van der Waals surface area contributed by atoms with E-state index < -0.39 is 15.0 Å². The monoisotopic (exact) mass is 371 g/mol. The van der Waals surface area contributed by atoms with E-state index in [0.717, 1.165) is 50.8 Å². The van der Waals surface area contributed by atoms with Gasteiger partial charge in [-0.05, 0) is 50.2 Å². The fourth-order valence-electron chi connectivity index (χ4n) is 2.94. The average molecular weight is 371 g/mol. The first-order chi connectivity index (χ1) is 11.9. The van der Waals surface area contributed by atoms with Crippen molar-refractivity contribution in [3.63, 3.8) is 0 Å². The first-order valence-corrected chi connectivity index (χ1v) is 9.76. The lowest BCUT2D eigenvalue weighted by molar-refractivity contribution is -0.384. The Morgan fingerprint density at radius 3 is 2.52 bits per heavy atom. The van der Waals surface area contributed by atoms with Gasteiger partial charge in [-0.1, -0.05) is 0 Å². The number of benzene rings is 1. The van der Waals surface area contributed by atoms with Crippen LogP contribution in [0.15, 0.2) is 29.2 Å². The SMILES string of the molecule is O=[N+]([O-])c1ccc(S(=O)(=O)OCC2CC(OC3CCCCO3)C2)cc1. The van der Waals surface area contributed by atoms with Crippen molar-refractivity contribution in [2.24, 2.45) is 5.92 Å². The molecular formula is C16H21NO7S. The molecule has 3 rings (SSSR count). The summed E-state index contributed by atoms with van der Waals surface area (Å²) in [5.74, 6) is 0.126. The summed E-state index contributed by atoms with van der Waals surface area (Å²) in [5, 5.41) is 10.6. The molecule has 1 aromatic carbocycles. The minimum atomic E-state index is -3.91. The van der Waals surface area contributed by atoms with Gasteiger partial charge >= 0.3 is 0 Å². The van der Waals surface area contributed by atoms with E-state index in [9.17, 15) is 18.5 Å². The second kappa shape index (κ2) is 7.77. The maximum atomic E-state index is 12.1. The minimum absolute atomic E-state index is 0.0826. The Bertz CT molecular complexity index is 692. The van der Waals surface area contributed by atoms with E-state index >= 15 is 0 Å². The molecule has 0 radical (unpaired) electrons. The maximum absolute atomic E-state index is 12.1. The molecule has 1 heterocycles. The van der Waals surface area contributed by atoms with Gasteiger partial charge < -0.3 is 9.47 Å². The molecule has 8 nitrogen and oxygen atoms in total. The minimum Gasteiger partial charge on any atom is -0.353 e. The van der Waals surface area contributed by atoms with Crippen LogP contribution in [-0.4, -0.2) is 38.9 Å². The van der Waals surface area contributed by atoms with Gasteiger partial charge in [0, 0.05) is 18.7 Å². The summed E-state index contributed by atoms with van der Waals surface area (Å²) in [7, 11) is -3.91. The normalized spacial score (nSPS) is 26.8. The Hall–Kier alpha value is -1.55. The topological polar surface area (TPSA) is 105 Å². The van der Waals surface area contributed by atoms with Crippen molar-refractivity contribution >= 4 is 15.8 Å². The van der Waals surface area contributed by atoms with E-state index in [1.165, 1.54) is 12.1 Å². The Kier molecular flexibility index (Phi) is 5.67. The Morgan fingerprint density at radius 2 is 1.92 bits per heavy atom. The molecule has 0 N–H and O–H groups in total. The zero-order valence-electron chi connectivity index (χ0n) is 13.7. The summed E-state index contributed by atoms with van der Waals surface area (Å²) < 4.78 is 40.6. The van der Waals surface area contributed by atoms with Crippen LogP contribution in [0.4, 0.5) is 5.69 Å². The maximum Gasteiger partial charge on any atom is 0.296 e. The molecule has 1 atom stereocenters. The third kappa shape index (κ3) is 4.75. The molecule has 9 heteroatoms. The van der Waals surface area contributed by atoms with Gasteiger partial charge in [0.2, 0.25) is 0 Å². The number of nitro benzene ring substituents is 1. The molecule has 25 heavy (non-hydrogen) atoms. The van der Waals surface area contributed by atoms with E-state index in [1.807, 2.05) is 0 Å². The Morgan fingerprint density at radius 1 is 1.20 bits per heavy atom.